The van der Waals surface area contributed by atoms with Crippen LogP contribution in [0.5, 0.6) is 0 Å². The van der Waals surface area contributed by atoms with Crippen molar-refractivity contribution in [1.82, 2.24) is 0 Å². The monoisotopic (exact) mass is 395 g/mol. The predicted octanol–water partition coefficient (Wildman–Crippen LogP) is 3.66. The maximum atomic E-state index is 12.4. The van der Waals surface area contributed by atoms with Gasteiger partial charge in [-0.25, -0.2) is 13.2 Å². The topological polar surface area (TPSA) is 83.5 Å². The Morgan fingerprint density at radius 3 is 2.39 bits per heavy atom. The normalized spacial score (nSPS) is 11.6. The van der Waals surface area contributed by atoms with E-state index in [9.17, 15) is 13.2 Å². The first-order chi connectivity index (χ1) is 10.8. The quantitative estimate of drug-likeness (QED) is 0.756. The van der Waals surface area contributed by atoms with Gasteiger partial charge in [-0.1, -0.05) is 28.1 Å². The Morgan fingerprint density at radius 1 is 1.17 bits per heavy atom. The number of anilines is 1. The molecule has 0 fully saturated rings. The van der Waals surface area contributed by atoms with Crippen LogP contribution in [0, 0.1) is 6.92 Å². The summed E-state index contributed by atoms with van der Waals surface area (Å²) >= 11 is 3.33. The Hall–Kier alpha value is -2.12. The molecule has 0 radical (unpaired) electrons. The molecular weight excluding hydrogens is 382 g/mol. The van der Waals surface area contributed by atoms with Crippen molar-refractivity contribution in [2.45, 2.75) is 11.8 Å². The smallest absolute Gasteiger partial charge is 0.328 e. The Kier molecular flexibility index (Phi) is 5.23. The highest BCUT2D eigenvalue weighted by molar-refractivity contribution is 9.10. The molecule has 23 heavy (non-hydrogen) atoms. The van der Waals surface area contributed by atoms with E-state index in [1.54, 1.807) is 24.3 Å². The Bertz CT molecular complexity index is 858. The molecule has 0 bridgehead atoms. The van der Waals surface area contributed by atoms with Crippen LogP contribution in [0.25, 0.3) is 6.08 Å². The largest absolute Gasteiger partial charge is 0.478 e. The number of rotatable bonds is 5. The third kappa shape index (κ3) is 4.67. The SMILES string of the molecule is Cc1cc(Br)ccc1NS(=O)(=O)c1ccc(C=CC(=O)O)cc1. The molecule has 7 heteroatoms. The zero-order valence-corrected chi connectivity index (χ0v) is 14.6. The third-order valence-corrected chi connectivity index (χ3v) is 4.92. The summed E-state index contributed by atoms with van der Waals surface area (Å²) in [7, 11) is -3.70. The molecule has 0 atom stereocenters. The number of aryl methyl sites for hydroxylation is 1. The minimum absolute atomic E-state index is 0.104. The van der Waals surface area contributed by atoms with Gasteiger partial charge < -0.3 is 5.11 Å². The zero-order chi connectivity index (χ0) is 17.0. The van der Waals surface area contributed by atoms with Crippen LogP contribution < -0.4 is 4.72 Å². The van der Waals surface area contributed by atoms with Gasteiger partial charge in [0, 0.05) is 10.5 Å². The Balaban J connectivity index is 2.24. The molecule has 2 rings (SSSR count). The summed E-state index contributed by atoms with van der Waals surface area (Å²) in [4.78, 5) is 10.6. The summed E-state index contributed by atoms with van der Waals surface area (Å²) in [6.45, 7) is 1.81. The number of nitrogens with one attached hydrogen (secondary N) is 1. The molecule has 2 aromatic rings. The number of aliphatic carboxylic acids is 1. The van der Waals surface area contributed by atoms with E-state index in [0.29, 0.717) is 11.3 Å². The van der Waals surface area contributed by atoms with Gasteiger partial charge in [0.1, 0.15) is 0 Å². The van der Waals surface area contributed by atoms with Crippen LogP contribution in [0.4, 0.5) is 5.69 Å². The number of carbonyl (C=O) groups is 1. The first-order valence-electron chi connectivity index (χ1n) is 6.58. The highest BCUT2D eigenvalue weighted by atomic mass is 79.9. The zero-order valence-electron chi connectivity index (χ0n) is 12.2. The van der Waals surface area contributed by atoms with E-state index in [0.717, 1.165) is 16.1 Å². The number of carboxylic acid groups (broad SMARTS) is 1. The summed E-state index contributed by atoms with van der Waals surface area (Å²) in [6.07, 6.45) is 2.39. The molecule has 0 aromatic heterocycles. The summed E-state index contributed by atoms with van der Waals surface area (Å²) in [5.41, 5.74) is 1.90. The highest BCUT2D eigenvalue weighted by Crippen LogP contribution is 2.23. The van der Waals surface area contributed by atoms with Gasteiger partial charge in [0.05, 0.1) is 10.6 Å². The molecule has 0 aliphatic heterocycles. The molecule has 0 saturated carbocycles. The van der Waals surface area contributed by atoms with Gasteiger partial charge in [-0.2, -0.15) is 0 Å². The number of benzene rings is 2. The van der Waals surface area contributed by atoms with Crippen LogP contribution in [0.15, 0.2) is 57.9 Å². The summed E-state index contributed by atoms with van der Waals surface area (Å²) < 4.78 is 28.2. The number of carboxylic acids is 1. The Labute approximate surface area is 142 Å². The van der Waals surface area contributed by atoms with Crippen LogP contribution >= 0.6 is 15.9 Å². The van der Waals surface area contributed by atoms with Gasteiger partial charge in [0.25, 0.3) is 10.0 Å². The maximum absolute atomic E-state index is 12.4. The van der Waals surface area contributed by atoms with Crippen molar-refractivity contribution in [1.29, 1.82) is 0 Å². The molecule has 5 nitrogen and oxygen atoms in total. The van der Waals surface area contributed by atoms with E-state index in [2.05, 4.69) is 20.7 Å². The predicted molar refractivity (Wildman–Crippen MR) is 92.8 cm³/mol. The fourth-order valence-corrected chi connectivity index (χ4v) is 3.48. The second-order valence-corrected chi connectivity index (χ2v) is 7.40. The molecule has 2 N–H and O–H groups in total. The van der Waals surface area contributed by atoms with E-state index < -0.39 is 16.0 Å². The summed E-state index contributed by atoms with van der Waals surface area (Å²) in [6, 6.07) is 11.2. The van der Waals surface area contributed by atoms with E-state index in [4.69, 9.17) is 5.11 Å². The fraction of sp³-hybridized carbons (Fsp3) is 0.0625. The van der Waals surface area contributed by atoms with Crippen LogP contribution in [0.1, 0.15) is 11.1 Å². The number of sulfonamides is 1. The van der Waals surface area contributed by atoms with Crippen LogP contribution in [-0.4, -0.2) is 19.5 Å². The summed E-state index contributed by atoms with van der Waals surface area (Å²) in [5, 5.41) is 8.57. The third-order valence-electron chi connectivity index (χ3n) is 3.04. The number of hydrogen-bond acceptors (Lipinski definition) is 3. The average molecular weight is 396 g/mol. The van der Waals surface area contributed by atoms with Crippen molar-refractivity contribution < 1.29 is 18.3 Å². The first kappa shape index (κ1) is 17.2. The molecular formula is C16H14BrNO4S. The molecule has 0 saturated heterocycles. The molecule has 0 amide bonds. The van der Waals surface area contributed by atoms with Gasteiger partial charge in [0.15, 0.2) is 0 Å². The van der Waals surface area contributed by atoms with Crippen molar-refractivity contribution in [3.8, 4) is 0 Å². The lowest BCUT2D eigenvalue weighted by Crippen LogP contribution is -2.13. The molecule has 0 aliphatic rings. The van der Waals surface area contributed by atoms with Crippen molar-refractivity contribution in [3.05, 3.63) is 64.1 Å². The number of halogens is 1. The fourth-order valence-electron chi connectivity index (χ4n) is 1.87. The van der Waals surface area contributed by atoms with E-state index in [-0.39, 0.29) is 4.90 Å². The summed E-state index contributed by atoms with van der Waals surface area (Å²) in [5.74, 6) is -1.06. The minimum Gasteiger partial charge on any atom is -0.478 e. The maximum Gasteiger partial charge on any atom is 0.328 e. The van der Waals surface area contributed by atoms with Crippen molar-refractivity contribution in [2.24, 2.45) is 0 Å². The standard InChI is InChI=1S/C16H14BrNO4S/c1-11-10-13(17)5-8-15(11)18-23(21,22)14-6-2-12(3-7-14)4-9-16(19)20/h2-10,18H,1H3,(H,19,20). The lowest BCUT2D eigenvalue weighted by molar-refractivity contribution is -0.131. The molecule has 0 heterocycles. The van der Waals surface area contributed by atoms with Gasteiger partial charge in [-0.05, 0) is 54.5 Å². The van der Waals surface area contributed by atoms with Gasteiger partial charge in [-0.3, -0.25) is 4.72 Å². The van der Waals surface area contributed by atoms with Crippen LogP contribution in [0.3, 0.4) is 0 Å². The highest BCUT2D eigenvalue weighted by Gasteiger charge is 2.15. The van der Waals surface area contributed by atoms with Gasteiger partial charge >= 0.3 is 5.97 Å². The van der Waals surface area contributed by atoms with E-state index >= 15 is 0 Å². The Morgan fingerprint density at radius 2 is 1.83 bits per heavy atom. The van der Waals surface area contributed by atoms with E-state index in [1.165, 1.54) is 18.2 Å². The molecule has 0 aliphatic carbocycles. The molecule has 2 aromatic carbocycles. The van der Waals surface area contributed by atoms with Crippen LogP contribution in [-0.2, 0) is 14.8 Å². The minimum atomic E-state index is -3.70. The van der Waals surface area contributed by atoms with Crippen molar-refractivity contribution >= 4 is 43.7 Å². The number of hydrogen-bond donors (Lipinski definition) is 2. The van der Waals surface area contributed by atoms with Crippen molar-refractivity contribution in [3.63, 3.8) is 0 Å². The van der Waals surface area contributed by atoms with Gasteiger partial charge in [-0.15, -0.1) is 0 Å². The lowest BCUT2D eigenvalue weighted by Gasteiger charge is -2.11. The molecule has 0 unspecified atom stereocenters. The van der Waals surface area contributed by atoms with Crippen LogP contribution in [0.2, 0.25) is 0 Å². The van der Waals surface area contributed by atoms with Crippen molar-refractivity contribution in [2.75, 3.05) is 4.72 Å². The molecule has 0 spiro atoms. The molecule has 120 valence electrons. The second kappa shape index (κ2) is 6.97. The second-order valence-electron chi connectivity index (χ2n) is 4.81. The average Bonchev–Trinajstić information content (AvgIpc) is 2.48. The first-order valence-corrected chi connectivity index (χ1v) is 8.85. The van der Waals surface area contributed by atoms with Gasteiger partial charge in [0.2, 0.25) is 0 Å². The van der Waals surface area contributed by atoms with E-state index in [1.807, 2.05) is 13.0 Å². The lowest BCUT2D eigenvalue weighted by atomic mass is 10.2.